The number of esters is 1. The van der Waals surface area contributed by atoms with Crippen LogP contribution in [0.4, 0.5) is 0 Å². The molecule has 2 saturated heterocycles. The molecular formula is C26H35NO5. The van der Waals surface area contributed by atoms with E-state index in [0.29, 0.717) is 23.5 Å². The van der Waals surface area contributed by atoms with Gasteiger partial charge in [0.1, 0.15) is 6.10 Å². The normalized spacial score (nSPS) is 38.8. The fraction of sp³-hybridized carbons (Fsp3) is 0.654. The second-order valence-corrected chi connectivity index (χ2v) is 10.3. The molecule has 32 heavy (non-hydrogen) atoms. The number of hydrogen-bond donors (Lipinski definition) is 2. The lowest BCUT2D eigenvalue weighted by Crippen LogP contribution is -2.74. The third kappa shape index (κ3) is 3.43. The number of benzene rings is 1. The Hall–Kier alpha value is -2.05. The number of phenolic OH excluding ortho intramolecular Hbond substituents is 1. The maximum atomic E-state index is 12.8. The Morgan fingerprint density at radius 3 is 2.72 bits per heavy atom. The van der Waals surface area contributed by atoms with Gasteiger partial charge in [0.2, 0.25) is 0 Å². The Bertz CT molecular complexity index is 898. The zero-order valence-electron chi connectivity index (χ0n) is 19.1. The number of aromatic hydroxyl groups is 1. The van der Waals surface area contributed by atoms with Crippen molar-refractivity contribution in [3.05, 3.63) is 29.8 Å². The predicted molar refractivity (Wildman–Crippen MR) is 121 cm³/mol. The smallest absolute Gasteiger partial charge is 0.331 e. The van der Waals surface area contributed by atoms with Gasteiger partial charge in [-0.2, -0.15) is 0 Å². The summed E-state index contributed by atoms with van der Waals surface area (Å²) in [5.74, 6) is 1.45. The van der Waals surface area contributed by atoms with Crippen molar-refractivity contribution < 1.29 is 24.5 Å². The number of rotatable bonds is 4. The summed E-state index contributed by atoms with van der Waals surface area (Å²) >= 11 is 0. The highest BCUT2D eigenvalue weighted by Gasteiger charge is 2.65. The average Bonchev–Trinajstić information content (AvgIpc) is 2.79. The molecule has 0 amide bonds. The number of aliphatic hydroxyl groups excluding tert-OH is 1. The summed E-state index contributed by atoms with van der Waals surface area (Å²) in [4.78, 5) is 15.5. The molecule has 5 rings (SSSR count). The van der Waals surface area contributed by atoms with Crippen LogP contribution in [0.25, 0.3) is 6.08 Å². The van der Waals surface area contributed by atoms with Crippen LogP contribution in [0.5, 0.6) is 11.5 Å². The van der Waals surface area contributed by atoms with E-state index in [1.807, 2.05) is 0 Å². The molecule has 2 aliphatic heterocycles. The topological polar surface area (TPSA) is 79.2 Å². The fourth-order valence-electron chi connectivity index (χ4n) is 7.61. The molecule has 2 aliphatic carbocycles. The standard InChI is InChI=1S/C26H35NO5/c1-16-15-26-19-5-3-11-27(26)12-4-6-20(26)22(14-18(19)25(16)30)32-24(29)10-8-17-7-9-21(28)23(13-17)31-2/h7-10,13,16,18-20,22,25,28,30H,3-6,11-12,14-15H2,1-2H3/t16-,18-,19+,20+,22+,25+,26+/m0/s1. The number of piperidine rings is 2. The second-order valence-electron chi connectivity index (χ2n) is 10.3. The quantitative estimate of drug-likeness (QED) is 0.549. The average molecular weight is 442 g/mol. The van der Waals surface area contributed by atoms with Gasteiger partial charge >= 0.3 is 5.97 Å². The first-order valence-corrected chi connectivity index (χ1v) is 12.1. The molecule has 2 bridgehead atoms. The maximum absolute atomic E-state index is 12.8. The largest absolute Gasteiger partial charge is 0.504 e. The molecule has 6 nitrogen and oxygen atoms in total. The van der Waals surface area contributed by atoms with Crippen LogP contribution in [0.1, 0.15) is 51.0 Å². The van der Waals surface area contributed by atoms with Crippen LogP contribution in [-0.4, -0.2) is 59.0 Å². The zero-order chi connectivity index (χ0) is 22.5. The summed E-state index contributed by atoms with van der Waals surface area (Å²) in [5, 5.41) is 20.8. The summed E-state index contributed by atoms with van der Waals surface area (Å²) < 4.78 is 11.2. The minimum atomic E-state index is -0.342. The van der Waals surface area contributed by atoms with Crippen LogP contribution in [0, 0.1) is 23.7 Å². The number of carbonyl (C=O) groups is 1. The van der Waals surface area contributed by atoms with Gasteiger partial charge in [-0.05, 0) is 93.1 Å². The lowest BCUT2D eigenvalue weighted by atomic mass is 9.47. The number of nitrogens with zero attached hydrogens (tertiary/aromatic N) is 1. The van der Waals surface area contributed by atoms with E-state index in [4.69, 9.17) is 9.47 Å². The first kappa shape index (κ1) is 21.8. The molecule has 2 N–H and O–H groups in total. The van der Waals surface area contributed by atoms with Crippen LogP contribution in [0.2, 0.25) is 0 Å². The molecule has 2 saturated carbocycles. The van der Waals surface area contributed by atoms with E-state index in [1.165, 1.54) is 26.0 Å². The van der Waals surface area contributed by atoms with Crippen molar-refractivity contribution in [3.8, 4) is 11.5 Å². The van der Waals surface area contributed by atoms with Gasteiger partial charge in [-0.3, -0.25) is 4.90 Å². The van der Waals surface area contributed by atoms with Crippen molar-refractivity contribution in [2.24, 2.45) is 23.7 Å². The third-order valence-electron chi connectivity index (χ3n) is 8.78. The lowest BCUT2D eigenvalue weighted by molar-refractivity contribution is -0.228. The van der Waals surface area contributed by atoms with Crippen LogP contribution >= 0.6 is 0 Å². The first-order valence-electron chi connectivity index (χ1n) is 12.1. The zero-order valence-corrected chi connectivity index (χ0v) is 19.1. The molecule has 7 atom stereocenters. The molecule has 174 valence electrons. The molecule has 1 spiro atoms. The SMILES string of the molecule is COc1cc(C=CC(=O)O[C@@H]2C[C@@H]3[C@H](O)[C@@H](C)C[C@]45[C@@H]3CCCN4CCC[C@H]25)ccc1O. The number of hydrogen-bond acceptors (Lipinski definition) is 6. The van der Waals surface area contributed by atoms with Crippen molar-refractivity contribution in [1.82, 2.24) is 4.90 Å². The Balaban J connectivity index is 1.37. The molecule has 1 aromatic rings. The third-order valence-corrected chi connectivity index (χ3v) is 8.78. The summed E-state index contributed by atoms with van der Waals surface area (Å²) in [7, 11) is 1.50. The molecular weight excluding hydrogens is 406 g/mol. The summed E-state index contributed by atoms with van der Waals surface area (Å²) in [6, 6.07) is 4.97. The Morgan fingerprint density at radius 2 is 1.97 bits per heavy atom. The molecule has 4 fully saturated rings. The first-order chi connectivity index (χ1) is 15.4. The highest BCUT2D eigenvalue weighted by atomic mass is 16.5. The monoisotopic (exact) mass is 441 g/mol. The van der Waals surface area contributed by atoms with Gasteiger partial charge in [0, 0.05) is 17.5 Å². The molecule has 0 aromatic heterocycles. The van der Waals surface area contributed by atoms with Crippen molar-refractivity contribution in [1.29, 1.82) is 0 Å². The number of carbonyl (C=O) groups excluding carboxylic acids is 1. The van der Waals surface area contributed by atoms with Gasteiger partial charge in [0.15, 0.2) is 11.5 Å². The van der Waals surface area contributed by atoms with Crippen LogP contribution in [0.15, 0.2) is 24.3 Å². The van der Waals surface area contributed by atoms with E-state index < -0.39 is 0 Å². The van der Waals surface area contributed by atoms with Crippen molar-refractivity contribution in [2.75, 3.05) is 20.2 Å². The van der Waals surface area contributed by atoms with Gasteiger partial charge in [0.25, 0.3) is 0 Å². The van der Waals surface area contributed by atoms with Crippen LogP contribution in [-0.2, 0) is 9.53 Å². The van der Waals surface area contributed by atoms with E-state index in [1.54, 1.807) is 24.3 Å². The van der Waals surface area contributed by atoms with Gasteiger partial charge in [0.05, 0.1) is 13.2 Å². The maximum Gasteiger partial charge on any atom is 0.331 e. The van der Waals surface area contributed by atoms with E-state index in [9.17, 15) is 15.0 Å². The summed E-state index contributed by atoms with van der Waals surface area (Å²) in [6.45, 7) is 4.46. The Morgan fingerprint density at radius 1 is 1.22 bits per heavy atom. The van der Waals surface area contributed by atoms with Crippen molar-refractivity contribution in [3.63, 3.8) is 0 Å². The van der Waals surface area contributed by atoms with Gasteiger partial charge in [-0.25, -0.2) is 4.79 Å². The lowest BCUT2D eigenvalue weighted by Gasteiger charge is -2.68. The minimum absolute atomic E-state index is 0.0666. The molecule has 6 heteroatoms. The highest BCUT2D eigenvalue weighted by Crippen LogP contribution is 2.60. The molecule has 0 unspecified atom stereocenters. The number of aliphatic hydroxyl groups is 1. The Labute approximate surface area is 190 Å². The van der Waals surface area contributed by atoms with Gasteiger partial charge in [-0.1, -0.05) is 13.0 Å². The van der Waals surface area contributed by atoms with Crippen LogP contribution < -0.4 is 4.74 Å². The number of methoxy groups -OCH3 is 1. The second kappa shape index (κ2) is 8.38. The van der Waals surface area contributed by atoms with E-state index in [-0.39, 0.29) is 35.4 Å². The van der Waals surface area contributed by atoms with Gasteiger partial charge < -0.3 is 19.7 Å². The minimum Gasteiger partial charge on any atom is -0.504 e. The predicted octanol–water partition coefficient (Wildman–Crippen LogP) is 3.61. The summed E-state index contributed by atoms with van der Waals surface area (Å²) in [5.41, 5.74) is 0.841. The van der Waals surface area contributed by atoms with Gasteiger partial charge in [-0.15, -0.1) is 0 Å². The molecule has 4 aliphatic rings. The van der Waals surface area contributed by atoms with Crippen molar-refractivity contribution >= 4 is 12.0 Å². The molecule has 1 aromatic carbocycles. The number of ether oxygens (including phenoxy) is 2. The Kier molecular flexibility index (Phi) is 5.70. The van der Waals surface area contributed by atoms with E-state index in [2.05, 4.69) is 11.8 Å². The molecule has 2 heterocycles. The van der Waals surface area contributed by atoms with E-state index >= 15 is 0 Å². The van der Waals surface area contributed by atoms with Crippen molar-refractivity contribution in [2.45, 2.75) is 63.2 Å². The fourth-order valence-corrected chi connectivity index (χ4v) is 7.61. The number of phenols is 1. The van der Waals surface area contributed by atoms with E-state index in [0.717, 1.165) is 44.3 Å². The molecule has 0 radical (unpaired) electrons. The summed E-state index contributed by atoms with van der Waals surface area (Å²) in [6.07, 6.45) is 9.12. The highest BCUT2D eigenvalue weighted by molar-refractivity contribution is 5.87. The van der Waals surface area contributed by atoms with Crippen LogP contribution in [0.3, 0.4) is 0 Å².